The molecule has 3 heteroatoms. The summed E-state index contributed by atoms with van der Waals surface area (Å²) in [5.74, 6) is 2.00. The first-order valence-electron chi connectivity index (χ1n) is 5.06. The van der Waals surface area contributed by atoms with E-state index in [1.165, 1.54) is 25.7 Å². The third kappa shape index (κ3) is 1.91. The van der Waals surface area contributed by atoms with Crippen LogP contribution in [0.1, 0.15) is 37.5 Å². The van der Waals surface area contributed by atoms with Crippen molar-refractivity contribution in [1.29, 1.82) is 0 Å². The minimum Gasteiger partial charge on any atom is -0.347 e. The Labute approximate surface area is 79.0 Å². The first-order valence-corrected chi connectivity index (χ1v) is 5.06. The van der Waals surface area contributed by atoms with Gasteiger partial charge in [-0.15, -0.1) is 0 Å². The van der Waals surface area contributed by atoms with Crippen LogP contribution in [0.15, 0.2) is 12.4 Å². The van der Waals surface area contributed by atoms with E-state index >= 15 is 0 Å². The van der Waals surface area contributed by atoms with Crippen molar-refractivity contribution in [3.63, 3.8) is 0 Å². The molecule has 0 radical (unpaired) electrons. The minimum atomic E-state index is 0.417. The largest absolute Gasteiger partial charge is 0.347 e. The van der Waals surface area contributed by atoms with E-state index in [0.717, 1.165) is 11.7 Å². The molecule has 3 nitrogen and oxygen atoms in total. The van der Waals surface area contributed by atoms with Gasteiger partial charge in [0.2, 0.25) is 0 Å². The Morgan fingerprint density at radius 3 is 3.00 bits per heavy atom. The molecule has 1 aliphatic rings. The molecule has 0 bridgehead atoms. The van der Waals surface area contributed by atoms with Crippen molar-refractivity contribution in [2.45, 2.75) is 31.7 Å². The van der Waals surface area contributed by atoms with E-state index in [-0.39, 0.29) is 0 Å². The highest BCUT2D eigenvalue weighted by Gasteiger charge is 2.23. The first-order chi connectivity index (χ1) is 6.40. The van der Waals surface area contributed by atoms with Crippen LogP contribution in [0.5, 0.6) is 0 Å². The van der Waals surface area contributed by atoms with E-state index in [2.05, 4.69) is 15.3 Å². The van der Waals surface area contributed by atoms with Crippen LogP contribution in [-0.2, 0) is 0 Å². The van der Waals surface area contributed by atoms with Gasteiger partial charge in [-0.05, 0) is 19.4 Å². The average Bonchev–Trinajstić information content (AvgIpc) is 2.55. The predicted octanol–water partition coefficient (Wildman–Crippen LogP) is 1.86. The lowest BCUT2D eigenvalue weighted by Crippen LogP contribution is -2.24. The fourth-order valence-electron chi connectivity index (χ4n) is 1.90. The molecule has 1 aromatic rings. The third-order valence-corrected chi connectivity index (χ3v) is 2.99. The van der Waals surface area contributed by atoms with E-state index in [1.807, 2.05) is 19.4 Å². The summed E-state index contributed by atoms with van der Waals surface area (Å²) in [6.45, 7) is 0. The minimum absolute atomic E-state index is 0.417. The number of hydrogen-bond acceptors (Lipinski definition) is 2. The number of rotatable bonds is 4. The lowest BCUT2D eigenvalue weighted by molar-refractivity contribution is 0.262. The summed E-state index contributed by atoms with van der Waals surface area (Å²) in [7, 11) is 2.01. The van der Waals surface area contributed by atoms with Crippen molar-refractivity contribution in [1.82, 2.24) is 15.3 Å². The second-order valence-corrected chi connectivity index (χ2v) is 3.85. The summed E-state index contributed by atoms with van der Waals surface area (Å²) in [5.41, 5.74) is 0. The van der Waals surface area contributed by atoms with Crippen LogP contribution < -0.4 is 5.32 Å². The van der Waals surface area contributed by atoms with Crippen molar-refractivity contribution in [3.05, 3.63) is 18.2 Å². The van der Waals surface area contributed by atoms with Crippen LogP contribution in [0, 0.1) is 5.92 Å². The summed E-state index contributed by atoms with van der Waals surface area (Å²) >= 11 is 0. The number of aromatic amines is 1. The van der Waals surface area contributed by atoms with Gasteiger partial charge in [0, 0.05) is 12.4 Å². The van der Waals surface area contributed by atoms with Crippen LogP contribution in [0.3, 0.4) is 0 Å². The van der Waals surface area contributed by atoms with E-state index < -0.39 is 0 Å². The maximum atomic E-state index is 4.28. The van der Waals surface area contributed by atoms with Gasteiger partial charge in [-0.1, -0.05) is 19.3 Å². The molecule has 1 aromatic heterocycles. The summed E-state index contributed by atoms with van der Waals surface area (Å²) < 4.78 is 0. The maximum absolute atomic E-state index is 4.28. The summed E-state index contributed by atoms with van der Waals surface area (Å²) in [6, 6.07) is 0.417. The molecule has 1 heterocycles. The summed E-state index contributed by atoms with van der Waals surface area (Å²) in [5, 5.41) is 3.31. The fourth-order valence-corrected chi connectivity index (χ4v) is 1.90. The summed E-state index contributed by atoms with van der Waals surface area (Å²) in [4.78, 5) is 7.45. The maximum Gasteiger partial charge on any atom is 0.123 e. The average molecular weight is 179 g/mol. The molecule has 1 unspecified atom stereocenters. The number of nitrogens with one attached hydrogen (secondary N) is 2. The molecule has 1 fully saturated rings. The topological polar surface area (TPSA) is 40.7 Å². The molecule has 0 aliphatic heterocycles. The highest BCUT2D eigenvalue weighted by molar-refractivity contribution is 4.96. The number of imidazole rings is 1. The quantitative estimate of drug-likeness (QED) is 0.740. The molecular formula is C10H17N3. The van der Waals surface area contributed by atoms with E-state index in [9.17, 15) is 0 Å². The standard InChI is InChI=1S/C10H17N3/c1-11-9(7-8-3-2-4-8)10-12-5-6-13-10/h5-6,8-9,11H,2-4,7H2,1H3,(H,12,13). The molecule has 0 aromatic carbocycles. The molecule has 2 rings (SSSR count). The Bertz CT molecular complexity index is 239. The van der Waals surface area contributed by atoms with Gasteiger partial charge in [0.25, 0.3) is 0 Å². The van der Waals surface area contributed by atoms with Crippen LogP contribution in [0.2, 0.25) is 0 Å². The fraction of sp³-hybridized carbons (Fsp3) is 0.700. The van der Waals surface area contributed by atoms with Crippen molar-refractivity contribution in [2.75, 3.05) is 7.05 Å². The van der Waals surface area contributed by atoms with Gasteiger partial charge in [0.15, 0.2) is 0 Å². The highest BCUT2D eigenvalue weighted by Crippen LogP contribution is 2.33. The normalized spacial score (nSPS) is 19.8. The number of aromatic nitrogens is 2. The van der Waals surface area contributed by atoms with E-state index in [0.29, 0.717) is 6.04 Å². The van der Waals surface area contributed by atoms with Gasteiger partial charge >= 0.3 is 0 Å². The van der Waals surface area contributed by atoms with Crippen molar-refractivity contribution in [3.8, 4) is 0 Å². The molecule has 72 valence electrons. The van der Waals surface area contributed by atoms with Crippen LogP contribution >= 0.6 is 0 Å². The zero-order valence-electron chi connectivity index (χ0n) is 8.09. The van der Waals surface area contributed by atoms with Gasteiger partial charge < -0.3 is 10.3 Å². The molecule has 1 atom stereocenters. The number of hydrogen-bond donors (Lipinski definition) is 2. The molecule has 13 heavy (non-hydrogen) atoms. The van der Waals surface area contributed by atoms with Gasteiger partial charge in [-0.25, -0.2) is 4.98 Å². The van der Waals surface area contributed by atoms with Crippen LogP contribution in [0.25, 0.3) is 0 Å². The Hall–Kier alpha value is -0.830. The Morgan fingerprint density at radius 2 is 2.54 bits per heavy atom. The van der Waals surface area contributed by atoms with Gasteiger partial charge in [0.1, 0.15) is 5.82 Å². The van der Waals surface area contributed by atoms with Crippen LogP contribution in [0.4, 0.5) is 0 Å². The number of H-pyrrole nitrogens is 1. The second-order valence-electron chi connectivity index (χ2n) is 3.85. The Morgan fingerprint density at radius 1 is 1.69 bits per heavy atom. The molecule has 0 amide bonds. The lowest BCUT2D eigenvalue weighted by atomic mass is 9.81. The zero-order chi connectivity index (χ0) is 9.10. The predicted molar refractivity (Wildman–Crippen MR) is 52.3 cm³/mol. The van der Waals surface area contributed by atoms with Crippen molar-refractivity contribution >= 4 is 0 Å². The zero-order valence-corrected chi connectivity index (χ0v) is 8.09. The highest BCUT2D eigenvalue weighted by atomic mass is 15.0. The Kier molecular flexibility index (Phi) is 2.64. The summed E-state index contributed by atoms with van der Waals surface area (Å²) in [6.07, 6.45) is 9.15. The van der Waals surface area contributed by atoms with E-state index in [4.69, 9.17) is 0 Å². The monoisotopic (exact) mass is 179 g/mol. The molecule has 0 spiro atoms. The number of nitrogens with zero attached hydrogens (tertiary/aromatic N) is 1. The van der Waals surface area contributed by atoms with Gasteiger partial charge in [-0.3, -0.25) is 0 Å². The lowest BCUT2D eigenvalue weighted by Gasteiger charge is -2.28. The molecule has 2 N–H and O–H groups in total. The SMILES string of the molecule is CNC(CC1CCC1)c1ncc[nH]1. The van der Waals surface area contributed by atoms with Gasteiger partial charge in [0.05, 0.1) is 6.04 Å². The smallest absolute Gasteiger partial charge is 0.123 e. The van der Waals surface area contributed by atoms with Crippen molar-refractivity contribution in [2.24, 2.45) is 5.92 Å². The first kappa shape index (κ1) is 8.75. The molecule has 1 saturated carbocycles. The third-order valence-electron chi connectivity index (χ3n) is 2.99. The molecule has 0 saturated heterocycles. The van der Waals surface area contributed by atoms with Crippen molar-refractivity contribution < 1.29 is 0 Å². The Balaban J connectivity index is 1.92. The van der Waals surface area contributed by atoms with Gasteiger partial charge in [-0.2, -0.15) is 0 Å². The van der Waals surface area contributed by atoms with Crippen LogP contribution in [-0.4, -0.2) is 17.0 Å². The molecule has 1 aliphatic carbocycles. The van der Waals surface area contributed by atoms with E-state index in [1.54, 1.807) is 0 Å². The second kappa shape index (κ2) is 3.92. The molecular weight excluding hydrogens is 162 g/mol.